The lowest BCUT2D eigenvalue weighted by Gasteiger charge is -2.09. The van der Waals surface area contributed by atoms with Crippen LogP contribution in [0.4, 0.5) is 0 Å². The number of methoxy groups -OCH3 is 1. The zero-order valence-corrected chi connectivity index (χ0v) is 12.6. The van der Waals surface area contributed by atoms with E-state index in [4.69, 9.17) is 16.3 Å². The molecule has 0 saturated heterocycles. The molecule has 0 amide bonds. The monoisotopic (exact) mass is 306 g/mol. The first-order valence-corrected chi connectivity index (χ1v) is 6.78. The summed E-state index contributed by atoms with van der Waals surface area (Å²) in [5, 5.41) is 3.48. The molecule has 2 aromatic rings. The van der Waals surface area contributed by atoms with Gasteiger partial charge in [-0.2, -0.15) is 5.10 Å². The van der Waals surface area contributed by atoms with Gasteiger partial charge in [-0.05, 0) is 24.6 Å². The minimum Gasteiger partial charge on any atom is -0.383 e. The van der Waals surface area contributed by atoms with Crippen LogP contribution < -0.4 is 5.56 Å². The molecule has 0 bridgehead atoms. The highest BCUT2D eigenvalue weighted by atomic mass is 35.5. The number of rotatable bonds is 5. The third-order valence-electron chi connectivity index (χ3n) is 3.04. The van der Waals surface area contributed by atoms with Crippen molar-refractivity contribution in [2.24, 2.45) is 0 Å². The van der Waals surface area contributed by atoms with E-state index in [0.29, 0.717) is 12.3 Å². The van der Waals surface area contributed by atoms with Crippen LogP contribution in [0.1, 0.15) is 15.9 Å². The van der Waals surface area contributed by atoms with Crippen LogP contribution in [0.2, 0.25) is 0 Å². The predicted molar refractivity (Wildman–Crippen MR) is 80.7 cm³/mol. The molecular weight excluding hydrogens is 292 g/mol. The lowest BCUT2D eigenvalue weighted by Crippen LogP contribution is -2.29. The van der Waals surface area contributed by atoms with Crippen LogP contribution in [0.25, 0.3) is 11.3 Å². The van der Waals surface area contributed by atoms with E-state index in [9.17, 15) is 9.59 Å². The van der Waals surface area contributed by atoms with Gasteiger partial charge in [0.15, 0.2) is 0 Å². The third kappa shape index (κ3) is 3.56. The summed E-state index contributed by atoms with van der Waals surface area (Å²) in [5.41, 5.74) is 1.85. The van der Waals surface area contributed by atoms with Crippen LogP contribution >= 0.6 is 11.6 Å². The highest BCUT2D eigenvalue weighted by molar-refractivity contribution is 6.67. The molecule has 1 aromatic heterocycles. The topological polar surface area (TPSA) is 61.2 Å². The Hall–Kier alpha value is -1.98. The van der Waals surface area contributed by atoms with Crippen molar-refractivity contribution in [3.8, 4) is 11.3 Å². The number of carbonyl (C=O) groups is 1. The molecule has 0 atom stereocenters. The standard InChI is InChI=1S/C15H15ClN2O3/c1-10-3-5-11(6-4-10)13-9-12(14(16)19)15(20)18(17-13)7-8-21-2/h3-6,9H,7-8H2,1-2H3. The van der Waals surface area contributed by atoms with E-state index in [1.165, 1.54) is 17.9 Å². The molecule has 0 aliphatic carbocycles. The van der Waals surface area contributed by atoms with E-state index in [1.54, 1.807) is 0 Å². The summed E-state index contributed by atoms with van der Waals surface area (Å²) in [6.45, 7) is 2.55. The second-order valence-electron chi connectivity index (χ2n) is 4.60. The zero-order valence-electron chi connectivity index (χ0n) is 11.8. The summed E-state index contributed by atoms with van der Waals surface area (Å²) in [6.07, 6.45) is 0. The maximum atomic E-state index is 12.1. The number of nitrogens with zero attached hydrogens (tertiary/aromatic N) is 2. The zero-order chi connectivity index (χ0) is 15.4. The van der Waals surface area contributed by atoms with E-state index in [2.05, 4.69) is 5.10 Å². The van der Waals surface area contributed by atoms with Crippen molar-refractivity contribution in [3.05, 3.63) is 51.8 Å². The fourth-order valence-electron chi connectivity index (χ4n) is 1.88. The molecule has 0 unspecified atom stereocenters. The van der Waals surface area contributed by atoms with Gasteiger partial charge in [0, 0.05) is 12.7 Å². The molecule has 1 heterocycles. The Bertz CT molecular complexity index is 708. The molecule has 0 aliphatic heterocycles. The quantitative estimate of drug-likeness (QED) is 0.795. The number of aromatic nitrogens is 2. The van der Waals surface area contributed by atoms with Gasteiger partial charge in [-0.25, -0.2) is 4.68 Å². The minimum absolute atomic E-state index is 0.0849. The Morgan fingerprint density at radius 2 is 2.00 bits per heavy atom. The molecule has 1 aromatic carbocycles. The Balaban J connectivity index is 2.55. The second kappa shape index (κ2) is 6.65. The van der Waals surface area contributed by atoms with Gasteiger partial charge in [0.2, 0.25) is 0 Å². The van der Waals surface area contributed by atoms with Gasteiger partial charge < -0.3 is 4.74 Å². The van der Waals surface area contributed by atoms with Crippen molar-refractivity contribution in [3.63, 3.8) is 0 Å². The predicted octanol–water partition coefficient (Wildman–Crippen LogP) is 2.24. The number of hydrogen-bond donors (Lipinski definition) is 0. The summed E-state index contributed by atoms with van der Waals surface area (Å²) >= 11 is 5.49. The fraction of sp³-hybridized carbons (Fsp3) is 0.267. The van der Waals surface area contributed by atoms with Crippen molar-refractivity contribution in [1.82, 2.24) is 9.78 Å². The summed E-state index contributed by atoms with van der Waals surface area (Å²) in [5.74, 6) is 0. The van der Waals surface area contributed by atoms with E-state index in [0.717, 1.165) is 11.1 Å². The molecule has 0 spiro atoms. The van der Waals surface area contributed by atoms with Crippen LogP contribution in [0, 0.1) is 6.92 Å². The van der Waals surface area contributed by atoms with Crippen molar-refractivity contribution in [1.29, 1.82) is 0 Å². The average Bonchev–Trinajstić information content (AvgIpc) is 2.47. The molecule has 110 valence electrons. The molecule has 5 nitrogen and oxygen atoms in total. The Morgan fingerprint density at radius 3 is 2.57 bits per heavy atom. The normalized spacial score (nSPS) is 10.6. The van der Waals surface area contributed by atoms with Gasteiger partial charge in [-0.3, -0.25) is 9.59 Å². The van der Waals surface area contributed by atoms with Crippen molar-refractivity contribution in [2.45, 2.75) is 13.5 Å². The van der Waals surface area contributed by atoms with Gasteiger partial charge in [0.25, 0.3) is 10.8 Å². The molecule has 6 heteroatoms. The van der Waals surface area contributed by atoms with Gasteiger partial charge in [0.1, 0.15) is 5.56 Å². The Labute approximate surface area is 127 Å². The molecule has 0 N–H and O–H groups in total. The summed E-state index contributed by atoms with van der Waals surface area (Å²) < 4.78 is 6.15. The second-order valence-corrected chi connectivity index (χ2v) is 4.95. The van der Waals surface area contributed by atoms with Crippen LogP contribution in [-0.2, 0) is 11.3 Å². The highest BCUT2D eigenvalue weighted by Crippen LogP contribution is 2.17. The lowest BCUT2D eigenvalue weighted by molar-refractivity contribution is 0.107. The van der Waals surface area contributed by atoms with Crippen LogP contribution in [0.3, 0.4) is 0 Å². The first kappa shape index (κ1) is 15.4. The summed E-state index contributed by atoms with van der Waals surface area (Å²) in [7, 11) is 1.53. The maximum absolute atomic E-state index is 12.1. The molecule has 0 radical (unpaired) electrons. The maximum Gasteiger partial charge on any atom is 0.279 e. The van der Waals surface area contributed by atoms with Crippen molar-refractivity contribution in [2.75, 3.05) is 13.7 Å². The molecular formula is C15H15ClN2O3. The van der Waals surface area contributed by atoms with Gasteiger partial charge in [-0.1, -0.05) is 29.8 Å². The summed E-state index contributed by atoms with van der Waals surface area (Å²) in [4.78, 5) is 23.5. The number of carbonyl (C=O) groups excluding carboxylic acids is 1. The fourth-order valence-corrected chi connectivity index (χ4v) is 2.01. The van der Waals surface area contributed by atoms with Crippen LogP contribution in [-0.4, -0.2) is 28.7 Å². The molecule has 0 saturated carbocycles. The smallest absolute Gasteiger partial charge is 0.279 e. The third-order valence-corrected chi connectivity index (χ3v) is 3.24. The SMILES string of the molecule is COCCn1nc(-c2ccc(C)cc2)cc(C(=O)Cl)c1=O. The first-order chi connectivity index (χ1) is 10.0. The lowest BCUT2D eigenvalue weighted by atomic mass is 10.1. The van der Waals surface area contributed by atoms with Crippen molar-refractivity contribution >= 4 is 16.8 Å². The Kier molecular flexibility index (Phi) is 4.88. The van der Waals surface area contributed by atoms with Gasteiger partial charge >= 0.3 is 0 Å². The van der Waals surface area contributed by atoms with Gasteiger partial charge in [-0.15, -0.1) is 0 Å². The molecule has 2 rings (SSSR count). The molecule has 21 heavy (non-hydrogen) atoms. The number of benzene rings is 1. The van der Waals surface area contributed by atoms with E-state index in [1.807, 2.05) is 31.2 Å². The summed E-state index contributed by atoms with van der Waals surface area (Å²) in [6, 6.07) is 9.05. The van der Waals surface area contributed by atoms with Crippen molar-refractivity contribution < 1.29 is 9.53 Å². The van der Waals surface area contributed by atoms with E-state index >= 15 is 0 Å². The average molecular weight is 307 g/mol. The number of ether oxygens (including phenoxy) is 1. The molecule has 0 aliphatic rings. The largest absolute Gasteiger partial charge is 0.383 e. The van der Waals surface area contributed by atoms with E-state index in [-0.39, 0.29) is 12.1 Å². The number of halogens is 1. The van der Waals surface area contributed by atoms with Crippen LogP contribution in [0.15, 0.2) is 35.1 Å². The van der Waals surface area contributed by atoms with Crippen LogP contribution in [0.5, 0.6) is 0 Å². The number of hydrogen-bond acceptors (Lipinski definition) is 4. The van der Waals surface area contributed by atoms with E-state index < -0.39 is 10.8 Å². The molecule has 0 fully saturated rings. The highest BCUT2D eigenvalue weighted by Gasteiger charge is 2.14. The number of aryl methyl sites for hydroxylation is 1. The minimum atomic E-state index is -0.790. The Morgan fingerprint density at radius 1 is 1.33 bits per heavy atom. The van der Waals surface area contributed by atoms with Gasteiger partial charge in [0.05, 0.1) is 18.8 Å². The first-order valence-electron chi connectivity index (χ1n) is 6.41.